The normalized spacial score (nSPS) is 14.1. The third kappa shape index (κ3) is 6.63. The summed E-state index contributed by atoms with van der Waals surface area (Å²) in [6.07, 6.45) is 6.27. The van der Waals surface area contributed by atoms with E-state index >= 15 is 0 Å². The fourth-order valence-corrected chi connectivity index (χ4v) is 1.70. The van der Waals surface area contributed by atoms with Gasteiger partial charge in [0.1, 0.15) is 0 Å². The van der Waals surface area contributed by atoms with Crippen molar-refractivity contribution in [2.45, 2.75) is 71.5 Å². The van der Waals surface area contributed by atoms with Crippen molar-refractivity contribution >= 4 is 0 Å². The van der Waals surface area contributed by atoms with Crippen LogP contribution in [-0.4, -0.2) is 12.2 Å². The number of nitriles is 1. The lowest BCUT2D eigenvalue weighted by atomic mass is 10.0. The molecule has 2 heteroatoms. The van der Waals surface area contributed by atoms with E-state index in [2.05, 4.69) is 26.5 Å². The van der Waals surface area contributed by atoms with Crippen LogP contribution >= 0.6 is 0 Å². The zero-order chi connectivity index (χ0) is 12.4. The van der Waals surface area contributed by atoms with Gasteiger partial charge in [0.15, 0.2) is 0 Å². The van der Waals surface area contributed by atoms with Crippen LogP contribution < -0.4 is 0 Å². The first kappa shape index (κ1) is 15.2. The van der Waals surface area contributed by atoms with Crippen molar-refractivity contribution in [3.05, 3.63) is 12.2 Å². The molecule has 0 spiro atoms. The summed E-state index contributed by atoms with van der Waals surface area (Å²) in [4.78, 5) is 0. The third-order valence-electron chi connectivity index (χ3n) is 2.70. The molecule has 0 bridgehead atoms. The summed E-state index contributed by atoms with van der Waals surface area (Å²) in [5.41, 5.74) is 1.18. The Hall–Kier alpha value is -0.810. The molecule has 0 aliphatic carbocycles. The smallest absolute Gasteiger partial charge is 0.0783 e. The quantitative estimate of drug-likeness (QED) is 0.433. The molecular formula is C14H25NO. The van der Waals surface area contributed by atoms with Crippen LogP contribution in [0, 0.1) is 11.3 Å². The van der Waals surface area contributed by atoms with Gasteiger partial charge in [0.25, 0.3) is 0 Å². The van der Waals surface area contributed by atoms with Crippen LogP contribution in [0.5, 0.6) is 0 Å². The van der Waals surface area contributed by atoms with Gasteiger partial charge in [-0.3, -0.25) is 0 Å². The van der Waals surface area contributed by atoms with Gasteiger partial charge in [-0.1, -0.05) is 33.3 Å². The summed E-state index contributed by atoms with van der Waals surface area (Å²) in [6, 6.07) is 2.13. The Bertz CT molecular complexity index is 229. The average Bonchev–Trinajstić information content (AvgIpc) is 2.26. The van der Waals surface area contributed by atoms with E-state index in [1.54, 1.807) is 0 Å². The van der Waals surface area contributed by atoms with Crippen molar-refractivity contribution in [3.63, 3.8) is 0 Å². The van der Waals surface area contributed by atoms with Crippen LogP contribution in [0.4, 0.5) is 0 Å². The summed E-state index contributed by atoms with van der Waals surface area (Å²) in [7, 11) is 0. The van der Waals surface area contributed by atoms with Gasteiger partial charge in [0.05, 0.1) is 24.7 Å². The van der Waals surface area contributed by atoms with E-state index in [0.717, 1.165) is 12.8 Å². The lowest BCUT2D eigenvalue weighted by Gasteiger charge is -2.22. The summed E-state index contributed by atoms with van der Waals surface area (Å²) in [5.74, 6) is 0. The minimum absolute atomic E-state index is 0.0119. The second-order valence-corrected chi connectivity index (χ2v) is 4.32. The van der Waals surface area contributed by atoms with Gasteiger partial charge in [-0.15, -0.1) is 0 Å². The molecule has 0 aromatic rings. The van der Waals surface area contributed by atoms with Crippen molar-refractivity contribution in [2.75, 3.05) is 0 Å². The maximum Gasteiger partial charge on any atom is 0.0783 e. The number of rotatable bonds is 9. The van der Waals surface area contributed by atoms with Gasteiger partial charge in [0.2, 0.25) is 0 Å². The molecule has 0 aromatic carbocycles. The molecular weight excluding hydrogens is 198 g/mol. The molecule has 0 saturated carbocycles. The third-order valence-corrected chi connectivity index (χ3v) is 2.70. The van der Waals surface area contributed by atoms with Crippen molar-refractivity contribution in [1.29, 1.82) is 5.26 Å². The molecule has 0 aromatic heterocycles. The topological polar surface area (TPSA) is 33.0 Å². The van der Waals surface area contributed by atoms with Gasteiger partial charge in [0, 0.05) is 0 Å². The van der Waals surface area contributed by atoms with E-state index in [4.69, 9.17) is 10.00 Å². The lowest BCUT2D eigenvalue weighted by molar-refractivity contribution is 0.0176. The minimum atomic E-state index is 0.0119. The van der Waals surface area contributed by atoms with Gasteiger partial charge < -0.3 is 4.74 Å². The predicted octanol–water partition coefficient (Wildman–Crippen LogP) is 4.22. The second-order valence-electron chi connectivity index (χ2n) is 4.32. The fourth-order valence-electron chi connectivity index (χ4n) is 1.70. The van der Waals surface area contributed by atoms with Gasteiger partial charge >= 0.3 is 0 Å². The van der Waals surface area contributed by atoms with Crippen molar-refractivity contribution in [3.8, 4) is 6.07 Å². The first-order valence-corrected chi connectivity index (χ1v) is 6.35. The second kappa shape index (κ2) is 9.42. The molecule has 2 atom stereocenters. The molecule has 0 aliphatic heterocycles. The highest BCUT2D eigenvalue weighted by Crippen LogP contribution is 2.18. The molecule has 2 unspecified atom stereocenters. The van der Waals surface area contributed by atoms with Crippen LogP contribution in [0.1, 0.15) is 59.3 Å². The molecule has 0 fully saturated rings. The highest BCUT2D eigenvalue weighted by Gasteiger charge is 2.14. The summed E-state index contributed by atoms with van der Waals surface area (Å²) >= 11 is 0. The fraction of sp³-hybridized carbons (Fsp3) is 0.786. The van der Waals surface area contributed by atoms with Gasteiger partial charge in [-0.05, 0) is 31.8 Å². The molecule has 16 heavy (non-hydrogen) atoms. The predicted molar refractivity (Wildman–Crippen MR) is 68.1 cm³/mol. The van der Waals surface area contributed by atoms with Crippen LogP contribution in [0.25, 0.3) is 0 Å². The van der Waals surface area contributed by atoms with E-state index in [9.17, 15) is 0 Å². The molecule has 0 rings (SSSR count). The Kier molecular flexibility index (Phi) is 8.94. The average molecular weight is 223 g/mol. The highest BCUT2D eigenvalue weighted by molar-refractivity contribution is 5.02. The SMILES string of the molecule is C=C(CCCCC)C(CC)OC(C)CC#N. The monoisotopic (exact) mass is 223 g/mol. The van der Waals surface area contributed by atoms with Crippen molar-refractivity contribution in [2.24, 2.45) is 0 Å². The zero-order valence-corrected chi connectivity index (χ0v) is 11.0. The molecule has 2 nitrogen and oxygen atoms in total. The number of hydrogen-bond acceptors (Lipinski definition) is 2. The minimum Gasteiger partial charge on any atom is -0.370 e. The van der Waals surface area contributed by atoms with Crippen molar-refractivity contribution in [1.82, 2.24) is 0 Å². The Labute approximate surface area is 100 Å². The number of unbranched alkanes of at least 4 members (excludes halogenated alkanes) is 2. The Morgan fingerprint density at radius 2 is 2.06 bits per heavy atom. The zero-order valence-electron chi connectivity index (χ0n) is 11.0. The van der Waals surface area contributed by atoms with Crippen LogP contribution in [0.3, 0.4) is 0 Å². The van der Waals surface area contributed by atoms with E-state index in [1.165, 1.54) is 24.8 Å². The largest absolute Gasteiger partial charge is 0.370 e. The lowest BCUT2D eigenvalue weighted by Crippen LogP contribution is -2.20. The molecule has 92 valence electrons. The van der Waals surface area contributed by atoms with E-state index in [0.29, 0.717) is 6.42 Å². The van der Waals surface area contributed by atoms with E-state index in [1.807, 2.05) is 6.92 Å². The van der Waals surface area contributed by atoms with Crippen LogP contribution in [-0.2, 0) is 4.74 Å². The van der Waals surface area contributed by atoms with Gasteiger partial charge in [-0.2, -0.15) is 5.26 Å². The molecule has 0 radical (unpaired) electrons. The van der Waals surface area contributed by atoms with E-state index in [-0.39, 0.29) is 12.2 Å². The Balaban J connectivity index is 3.97. The van der Waals surface area contributed by atoms with Gasteiger partial charge in [-0.25, -0.2) is 0 Å². The number of nitrogens with zero attached hydrogens (tertiary/aromatic N) is 1. The van der Waals surface area contributed by atoms with E-state index < -0.39 is 0 Å². The Morgan fingerprint density at radius 1 is 1.38 bits per heavy atom. The summed E-state index contributed by atoms with van der Waals surface area (Å²) in [5, 5.41) is 8.58. The summed E-state index contributed by atoms with van der Waals surface area (Å²) in [6.45, 7) is 10.4. The first-order valence-electron chi connectivity index (χ1n) is 6.35. The number of hydrogen-bond donors (Lipinski definition) is 0. The molecule has 0 heterocycles. The maximum atomic E-state index is 8.58. The first-order chi connectivity index (χ1) is 7.65. The molecule has 0 saturated heterocycles. The maximum absolute atomic E-state index is 8.58. The molecule has 0 aliphatic rings. The molecule has 0 N–H and O–H groups in total. The van der Waals surface area contributed by atoms with Crippen molar-refractivity contribution < 1.29 is 4.74 Å². The molecule has 0 amide bonds. The standard InChI is InChI=1S/C14H25NO/c1-5-7-8-9-12(3)14(6-2)16-13(4)10-11-15/h13-14H,3,5-10H2,1-2,4H3. The summed E-state index contributed by atoms with van der Waals surface area (Å²) < 4.78 is 5.81. The van der Waals surface area contributed by atoms with Crippen LogP contribution in [0.2, 0.25) is 0 Å². The van der Waals surface area contributed by atoms with Crippen LogP contribution in [0.15, 0.2) is 12.2 Å². The Morgan fingerprint density at radius 3 is 2.56 bits per heavy atom. The number of ether oxygens (including phenoxy) is 1. The highest BCUT2D eigenvalue weighted by atomic mass is 16.5.